The van der Waals surface area contributed by atoms with Crippen LogP contribution >= 0.6 is 0 Å². The van der Waals surface area contributed by atoms with Gasteiger partial charge in [-0.05, 0) is 17.7 Å². The zero-order valence-electron chi connectivity index (χ0n) is 9.50. The molecule has 0 unspecified atom stereocenters. The van der Waals surface area contributed by atoms with Crippen LogP contribution in [0.5, 0.6) is 0 Å². The van der Waals surface area contributed by atoms with Gasteiger partial charge < -0.3 is 14.8 Å². The summed E-state index contributed by atoms with van der Waals surface area (Å²) in [6.07, 6.45) is -1.01. The van der Waals surface area contributed by atoms with E-state index in [1.54, 1.807) is 0 Å². The summed E-state index contributed by atoms with van der Waals surface area (Å²) >= 11 is 0. The number of rotatable bonds is 5. The van der Waals surface area contributed by atoms with Gasteiger partial charge in [-0.1, -0.05) is 6.07 Å². The van der Waals surface area contributed by atoms with Gasteiger partial charge in [0.1, 0.15) is 0 Å². The normalized spacial score (nSPS) is 10.6. The third kappa shape index (κ3) is 3.76. The molecule has 4 nitrogen and oxygen atoms in total. The van der Waals surface area contributed by atoms with Crippen LogP contribution < -0.4 is 5.32 Å². The standard InChI is InChI=1S/C11H13F2NO3/c1-16-11(17-2)10(15)14-6-7-3-4-8(12)9(13)5-7/h3-5,11H,6H2,1-2H3,(H,14,15). The van der Waals surface area contributed by atoms with E-state index in [9.17, 15) is 13.6 Å². The van der Waals surface area contributed by atoms with Gasteiger partial charge in [-0.2, -0.15) is 0 Å². The summed E-state index contributed by atoms with van der Waals surface area (Å²) in [7, 11) is 2.65. The largest absolute Gasteiger partial charge is 0.348 e. The second kappa shape index (κ2) is 6.27. The quantitative estimate of drug-likeness (QED) is 0.793. The highest BCUT2D eigenvalue weighted by molar-refractivity contribution is 5.79. The van der Waals surface area contributed by atoms with E-state index in [1.165, 1.54) is 20.3 Å². The smallest absolute Gasteiger partial charge is 0.277 e. The van der Waals surface area contributed by atoms with Gasteiger partial charge in [-0.15, -0.1) is 0 Å². The van der Waals surface area contributed by atoms with E-state index in [2.05, 4.69) is 5.32 Å². The number of hydrogen-bond acceptors (Lipinski definition) is 3. The fourth-order valence-corrected chi connectivity index (χ4v) is 1.23. The number of carbonyl (C=O) groups excluding carboxylic acids is 1. The number of hydrogen-bond donors (Lipinski definition) is 1. The van der Waals surface area contributed by atoms with Gasteiger partial charge in [0, 0.05) is 20.8 Å². The molecule has 0 aromatic heterocycles. The second-order valence-corrected chi connectivity index (χ2v) is 3.27. The molecule has 1 aromatic carbocycles. The van der Waals surface area contributed by atoms with E-state index in [-0.39, 0.29) is 6.54 Å². The molecule has 0 radical (unpaired) electrons. The molecule has 0 aliphatic heterocycles. The summed E-state index contributed by atoms with van der Waals surface area (Å²) in [5, 5.41) is 2.47. The lowest BCUT2D eigenvalue weighted by Gasteiger charge is -2.13. The van der Waals surface area contributed by atoms with Crippen LogP contribution in [0.2, 0.25) is 0 Å². The number of ether oxygens (including phenoxy) is 2. The van der Waals surface area contributed by atoms with Crippen LogP contribution in [0.4, 0.5) is 8.78 Å². The minimum Gasteiger partial charge on any atom is -0.348 e. The highest BCUT2D eigenvalue weighted by Gasteiger charge is 2.15. The summed E-state index contributed by atoms with van der Waals surface area (Å²) < 4.78 is 34.9. The fraction of sp³-hybridized carbons (Fsp3) is 0.364. The Kier molecular flexibility index (Phi) is 4.99. The number of methoxy groups -OCH3 is 2. The van der Waals surface area contributed by atoms with Crippen LogP contribution in [0.1, 0.15) is 5.56 Å². The SMILES string of the molecule is COC(OC)C(=O)NCc1ccc(F)c(F)c1. The summed E-state index contributed by atoms with van der Waals surface area (Å²) in [5.41, 5.74) is 0.447. The average molecular weight is 245 g/mol. The molecule has 1 N–H and O–H groups in total. The molecule has 1 amide bonds. The zero-order valence-corrected chi connectivity index (χ0v) is 9.50. The molecule has 1 rings (SSSR count). The van der Waals surface area contributed by atoms with Crippen molar-refractivity contribution in [2.24, 2.45) is 0 Å². The first-order valence-corrected chi connectivity index (χ1v) is 4.85. The molecule has 17 heavy (non-hydrogen) atoms. The number of nitrogens with one attached hydrogen (secondary N) is 1. The third-order valence-electron chi connectivity index (χ3n) is 2.09. The lowest BCUT2D eigenvalue weighted by atomic mass is 10.2. The van der Waals surface area contributed by atoms with Gasteiger partial charge in [0.2, 0.25) is 6.29 Å². The first kappa shape index (κ1) is 13.5. The Hall–Kier alpha value is -1.53. The van der Waals surface area contributed by atoms with Crippen LogP contribution in [-0.2, 0) is 20.8 Å². The number of amides is 1. The van der Waals surface area contributed by atoms with Crippen LogP contribution in [0, 0.1) is 11.6 Å². The lowest BCUT2D eigenvalue weighted by Crippen LogP contribution is -2.36. The molecule has 0 saturated carbocycles. The number of halogens is 2. The van der Waals surface area contributed by atoms with Gasteiger partial charge in [0.15, 0.2) is 11.6 Å². The van der Waals surface area contributed by atoms with E-state index >= 15 is 0 Å². The summed E-state index contributed by atoms with van der Waals surface area (Å²) in [4.78, 5) is 11.4. The predicted molar refractivity (Wildman–Crippen MR) is 56.0 cm³/mol. The summed E-state index contributed by atoms with van der Waals surface area (Å²) in [6.45, 7) is 0.0687. The van der Waals surface area contributed by atoms with Crippen LogP contribution in [0.25, 0.3) is 0 Å². The van der Waals surface area contributed by atoms with Crippen molar-refractivity contribution in [2.45, 2.75) is 12.8 Å². The van der Waals surface area contributed by atoms with E-state index in [0.29, 0.717) is 5.56 Å². The van der Waals surface area contributed by atoms with E-state index in [0.717, 1.165) is 12.1 Å². The van der Waals surface area contributed by atoms with Crippen molar-refractivity contribution in [3.05, 3.63) is 35.4 Å². The van der Waals surface area contributed by atoms with E-state index in [1.807, 2.05) is 0 Å². The molecule has 0 bridgehead atoms. The first-order valence-electron chi connectivity index (χ1n) is 4.85. The summed E-state index contributed by atoms with van der Waals surface area (Å²) in [6, 6.07) is 3.40. The van der Waals surface area contributed by atoms with Gasteiger partial charge >= 0.3 is 0 Å². The molecule has 1 aromatic rings. The maximum atomic E-state index is 12.9. The highest BCUT2D eigenvalue weighted by atomic mass is 19.2. The molecule has 94 valence electrons. The van der Waals surface area contributed by atoms with Crippen molar-refractivity contribution in [3.63, 3.8) is 0 Å². The maximum Gasteiger partial charge on any atom is 0.277 e. The molecular formula is C11H13F2NO3. The highest BCUT2D eigenvalue weighted by Crippen LogP contribution is 2.08. The second-order valence-electron chi connectivity index (χ2n) is 3.27. The Balaban J connectivity index is 2.55. The van der Waals surface area contributed by atoms with E-state index < -0.39 is 23.8 Å². The molecule has 0 aliphatic rings. The van der Waals surface area contributed by atoms with Gasteiger partial charge in [0.25, 0.3) is 5.91 Å². The Morgan fingerprint density at radius 3 is 2.47 bits per heavy atom. The lowest BCUT2D eigenvalue weighted by molar-refractivity contribution is -0.159. The molecule has 0 saturated heterocycles. The zero-order chi connectivity index (χ0) is 12.8. The minimum absolute atomic E-state index is 0.0687. The first-order chi connectivity index (χ1) is 8.08. The van der Waals surface area contributed by atoms with Crippen molar-refractivity contribution >= 4 is 5.91 Å². The molecule has 0 spiro atoms. The topological polar surface area (TPSA) is 47.6 Å². The average Bonchev–Trinajstić information content (AvgIpc) is 2.32. The number of benzene rings is 1. The van der Waals surface area contributed by atoms with Gasteiger partial charge in [-0.25, -0.2) is 8.78 Å². The Morgan fingerprint density at radius 2 is 1.94 bits per heavy atom. The summed E-state index contributed by atoms with van der Waals surface area (Å²) in [5.74, 6) is -2.36. The van der Waals surface area contributed by atoms with Gasteiger partial charge in [-0.3, -0.25) is 4.79 Å². The van der Waals surface area contributed by atoms with Crippen molar-refractivity contribution in [1.29, 1.82) is 0 Å². The Morgan fingerprint density at radius 1 is 1.29 bits per heavy atom. The van der Waals surface area contributed by atoms with Crippen molar-refractivity contribution < 1.29 is 23.0 Å². The van der Waals surface area contributed by atoms with Crippen molar-refractivity contribution in [2.75, 3.05) is 14.2 Å². The predicted octanol–water partition coefficient (Wildman–Crippen LogP) is 1.20. The van der Waals surface area contributed by atoms with Crippen LogP contribution in [0.3, 0.4) is 0 Å². The number of carbonyl (C=O) groups is 1. The molecule has 0 heterocycles. The molecule has 0 fully saturated rings. The maximum absolute atomic E-state index is 12.9. The van der Waals surface area contributed by atoms with Gasteiger partial charge in [0.05, 0.1) is 0 Å². The van der Waals surface area contributed by atoms with Crippen molar-refractivity contribution in [1.82, 2.24) is 5.32 Å². The monoisotopic (exact) mass is 245 g/mol. The van der Waals surface area contributed by atoms with Crippen molar-refractivity contribution in [3.8, 4) is 0 Å². The minimum atomic E-state index is -1.01. The third-order valence-corrected chi connectivity index (χ3v) is 2.09. The molecule has 6 heteroatoms. The molecule has 0 aliphatic carbocycles. The fourth-order valence-electron chi connectivity index (χ4n) is 1.23. The molecule has 0 atom stereocenters. The Bertz CT molecular complexity index is 394. The van der Waals surface area contributed by atoms with Crippen LogP contribution in [0.15, 0.2) is 18.2 Å². The molecular weight excluding hydrogens is 232 g/mol. The van der Waals surface area contributed by atoms with E-state index in [4.69, 9.17) is 9.47 Å². The van der Waals surface area contributed by atoms with Crippen LogP contribution in [-0.4, -0.2) is 26.4 Å². The Labute approximate surface area is 97.5 Å².